The largest absolute Gasteiger partial charge is 0.0713 e. The fraction of sp³-hybridized carbons (Fsp3) is 0.0492. The van der Waals surface area contributed by atoms with Gasteiger partial charge in [-0.05, 0) is 136 Å². The molecular weight excluding hydrogens is 733 g/mol. The van der Waals surface area contributed by atoms with Crippen LogP contribution >= 0.6 is 0 Å². The third-order valence-electron chi connectivity index (χ3n) is 13.5. The van der Waals surface area contributed by atoms with E-state index in [2.05, 4.69) is 231 Å². The van der Waals surface area contributed by atoms with Gasteiger partial charge in [-0.1, -0.05) is 218 Å². The molecular formula is C61H42. The van der Waals surface area contributed by atoms with Gasteiger partial charge < -0.3 is 0 Å². The fourth-order valence-electron chi connectivity index (χ4n) is 10.6. The second-order valence-corrected chi connectivity index (χ2v) is 16.8. The Hall–Kier alpha value is -7.54. The highest BCUT2D eigenvalue weighted by molar-refractivity contribution is 5.97. The summed E-state index contributed by atoms with van der Waals surface area (Å²) in [5.74, 6) is 0. The molecule has 0 saturated carbocycles. The molecule has 0 aromatic heterocycles. The van der Waals surface area contributed by atoms with Crippen LogP contribution in [0.1, 0.15) is 77.9 Å². The molecule has 0 saturated heterocycles. The average Bonchev–Trinajstić information content (AvgIpc) is 3.63. The molecule has 0 spiro atoms. The van der Waals surface area contributed by atoms with Crippen LogP contribution in [0.2, 0.25) is 0 Å². The van der Waals surface area contributed by atoms with Gasteiger partial charge in [0.15, 0.2) is 0 Å². The Balaban J connectivity index is 0.930. The SMILES string of the molecule is C(=C1c2ccccc2Cc2ccccc21)c1ccc(-c2ccc(C3(c4ccc(C=C5c6ccccc6Cc6ccccc65)cc4)c4ccccc4-c4ccccc43)cc2)cc1. The van der Waals surface area contributed by atoms with E-state index in [-0.39, 0.29) is 0 Å². The van der Waals surface area contributed by atoms with E-state index < -0.39 is 5.41 Å². The second kappa shape index (κ2) is 14.3. The molecule has 0 fully saturated rings. The third-order valence-corrected chi connectivity index (χ3v) is 13.5. The minimum Gasteiger partial charge on any atom is -0.0619 e. The zero-order valence-corrected chi connectivity index (χ0v) is 33.9. The van der Waals surface area contributed by atoms with Crippen molar-refractivity contribution in [3.63, 3.8) is 0 Å². The van der Waals surface area contributed by atoms with Crippen molar-refractivity contribution in [1.29, 1.82) is 0 Å². The van der Waals surface area contributed by atoms with Crippen LogP contribution in [0.25, 0.3) is 45.6 Å². The predicted octanol–water partition coefficient (Wildman–Crippen LogP) is 14.7. The van der Waals surface area contributed by atoms with Gasteiger partial charge in [-0.2, -0.15) is 0 Å². The van der Waals surface area contributed by atoms with Crippen molar-refractivity contribution in [3.05, 3.63) is 296 Å². The molecule has 0 heterocycles. The molecule has 9 aromatic carbocycles. The Bertz CT molecular complexity index is 3070. The van der Waals surface area contributed by atoms with Crippen LogP contribution < -0.4 is 0 Å². The fourth-order valence-corrected chi connectivity index (χ4v) is 10.6. The van der Waals surface area contributed by atoms with Crippen LogP contribution in [0.3, 0.4) is 0 Å². The van der Waals surface area contributed by atoms with Gasteiger partial charge in [-0.3, -0.25) is 0 Å². The minimum absolute atomic E-state index is 0.468. The Labute approximate surface area is 358 Å². The van der Waals surface area contributed by atoms with E-state index in [1.807, 2.05) is 0 Å². The van der Waals surface area contributed by atoms with Crippen molar-refractivity contribution in [2.45, 2.75) is 18.3 Å². The van der Waals surface area contributed by atoms with Crippen LogP contribution in [0.5, 0.6) is 0 Å². The number of rotatable bonds is 5. The van der Waals surface area contributed by atoms with Gasteiger partial charge in [0.1, 0.15) is 0 Å². The molecule has 9 aromatic rings. The van der Waals surface area contributed by atoms with Crippen molar-refractivity contribution in [3.8, 4) is 22.3 Å². The zero-order valence-electron chi connectivity index (χ0n) is 33.9. The van der Waals surface area contributed by atoms with E-state index in [1.54, 1.807) is 0 Å². The lowest BCUT2D eigenvalue weighted by atomic mass is 9.67. The summed E-state index contributed by atoms with van der Waals surface area (Å²) in [6, 6.07) is 81.3. The van der Waals surface area contributed by atoms with Crippen molar-refractivity contribution in [2.75, 3.05) is 0 Å². The lowest BCUT2D eigenvalue weighted by molar-refractivity contribution is 0.768. The van der Waals surface area contributed by atoms with E-state index in [0.717, 1.165) is 12.8 Å². The van der Waals surface area contributed by atoms with E-state index in [4.69, 9.17) is 0 Å². The molecule has 0 atom stereocenters. The molecule has 0 nitrogen and oxygen atoms in total. The summed E-state index contributed by atoms with van der Waals surface area (Å²) in [4.78, 5) is 0. The van der Waals surface area contributed by atoms with Crippen LogP contribution in [0.4, 0.5) is 0 Å². The number of hydrogen-bond donors (Lipinski definition) is 0. The molecule has 286 valence electrons. The van der Waals surface area contributed by atoms with Crippen LogP contribution in [0.15, 0.2) is 218 Å². The Morgan fingerprint density at radius 1 is 0.279 bits per heavy atom. The molecule has 0 bridgehead atoms. The average molecular weight is 775 g/mol. The minimum atomic E-state index is -0.468. The van der Waals surface area contributed by atoms with Gasteiger partial charge >= 0.3 is 0 Å². The molecule has 0 radical (unpaired) electrons. The standard InChI is InChI=1S/C61H42/c1-5-17-51-45(13-1)39-46-14-2-6-18-52(46)57(51)37-41-25-29-43(30-26-41)44-31-35-50(36-32-44)61(59-23-11-9-21-55(59)56-22-10-12-24-60(56)61)49-33-27-42(28-34-49)38-58-53-19-7-3-15-47(53)40-48-16-4-8-20-54(48)58/h1-38H,39-40H2. The predicted molar refractivity (Wildman–Crippen MR) is 255 cm³/mol. The van der Waals surface area contributed by atoms with Crippen molar-refractivity contribution in [2.24, 2.45) is 0 Å². The monoisotopic (exact) mass is 774 g/mol. The van der Waals surface area contributed by atoms with Gasteiger partial charge in [0.2, 0.25) is 0 Å². The maximum Gasteiger partial charge on any atom is 0.0713 e. The molecule has 0 unspecified atom stereocenters. The summed E-state index contributed by atoms with van der Waals surface area (Å²) in [6.45, 7) is 0. The van der Waals surface area contributed by atoms with Crippen molar-refractivity contribution in [1.82, 2.24) is 0 Å². The Kier molecular flexibility index (Phi) is 8.32. The summed E-state index contributed by atoms with van der Waals surface area (Å²) in [5, 5.41) is 0. The van der Waals surface area contributed by atoms with E-state index >= 15 is 0 Å². The topological polar surface area (TPSA) is 0 Å². The maximum absolute atomic E-state index is 2.38. The molecule has 0 amide bonds. The van der Waals surface area contributed by atoms with Crippen LogP contribution in [-0.2, 0) is 18.3 Å². The molecule has 0 heteroatoms. The molecule has 12 rings (SSSR count). The van der Waals surface area contributed by atoms with Crippen LogP contribution in [-0.4, -0.2) is 0 Å². The summed E-state index contributed by atoms with van der Waals surface area (Å²) >= 11 is 0. The van der Waals surface area contributed by atoms with E-state index in [9.17, 15) is 0 Å². The Morgan fingerprint density at radius 2 is 0.574 bits per heavy atom. The Morgan fingerprint density at radius 3 is 0.967 bits per heavy atom. The summed E-state index contributed by atoms with van der Waals surface area (Å²) in [5.41, 5.74) is 25.6. The first-order chi connectivity index (χ1) is 30.2. The highest BCUT2D eigenvalue weighted by Gasteiger charge is 2.45. The zero-order chi connectivity index (χ0) is 40.3. The van der Waals surface area contributed by atoms with E-state index in [1.165, 1.54) is 111 Å². The van der Waals surface area contributed by atoms with Gasteiger partial charge in [0.25, 0.3) is 0 Å². The quantitative estimate of drug-likeness (QED) is 0.163. The molecule has 3 aliphatic carbocycles. The second-order valence-electron chi connectivity index (χ2n) is 16.8. The summed E-state index contributed by atoms with van der Waals surface area (Å²) in [7, 11) is 0. The first-order valence-electron chi connectivity index (χ1n) is 21.5. The maximum atomic E-state index is 2.38. The lowest BCUT2D eigenvalue weighted by Crippen LogP contribution is -2.28. The number of benzene rings is 9. The lowest BCUT2D eigenvalue weighted by Gasteiger charge is -2.34. The molecule has 0 aliphatic heterocycles. The van der Waals surface area contributed by atoms with E-state index in [0.29, 0.717) is 0 Å². The number of fused-ring (bicyclic) bond motifs is 7. The highest BCUT2D eigenvalue weighted by atomic mass is 14.5. The highest BCUT2D eigenvalue weighted by Crippen LogP contribution is 2.56. The van der Waals surface area contributed by atoms with Crippen molar-refractivity contribution >= 4 is 23.3 Å². The molecule has 0 N–H and O–H groups in total. The number of hydrogen-bond acceptors (Lipinski definition) is 0. The smallest absolute Gasteiger partial charge is 0.0619 e. The van der Waals surface area contributed by atoms with Gasteiger partial charge in [-0.15, -0.1) is 0 Å². The molecule has 61 heavy (non-hydrogen) atoms. The van der Waals surface area contributed by atoms with Gasteiger partial charge in [0.05, 0.1) is 5.41 Å². The first kappa shape index (κ1) is 35.4. The van der Waals surface area contributed by atoms with Crippen molar-refractivity contribution < 1.29 is 0 Å². The van der Waals surface area contributed by atoms with Gasteiger partial charge in [0, 0.05) is 0 Å². The molecule has 3 aliphatic rings. The first-order valence-corrected chi connectivity index (χ1v) is 21.5. The van der Waals surface area contributed by atoms with Crippen LogP contribution in [0, 0.1) is 0 Å². The summed E-state index contributed by atoms with van der Waals surface area (Å²) in [6.07, 6.45) is 6.69. The normalized spacial score (nSPS) is 13.8. The van der Waals surface area contributed by atoms with Gasteiger partial charge in [-0.25, -0.2) is 0 Å². The summed E-state index contributed by atoms with van der Waals surface area (Å²) < 4.78 is 0. The third kappa shape index (κ3) is 5.75.